The summed E-state index contributed by atoms with van der Waals surface area (Å²) in [5, 5.41) is 3.42. The molecule has 2 aromatic rings. The van der Waals surface area contributed by atoms with Gasteiger partial charge < -0.3 is 10.1 Å². The number of ether oxygens (including phenoxy) is 1. The summed E-state index contributed by atoms with van der Waals surface area (Å²) in [6.45, 7) is 3.71. The summed E-state index contributed by atoms with van der Waals surface area (Å²) in [4.78, 5) is 1.29. The number of rotatable bonds is 7. The van der Waals surface area contributed by atoms with Crippen LogP contribution in [0.3, 0.4) is 0 Å². The summed E-state index contributed by atoms with van der Waals surface area (Å²) in [6, 6.07) is 16.8. The van der Waals surface area contributed by atoms with Crippen molar-refractivity contribution in [3.05, 3.63) is 54.1 Å². The van der Waals surface area contributed by atoms with Crippen molar-refractivity contribution in [2.24, 2.45) is 0 Å². The fraction of sp³-hybridized carbons (Fsp3) is 0.294. The van der Waals surface area contributed by atoms with Gasteiger partial charge in [0.2, 0.25) is 0 Å². The Morgan fingerprint density at radius 3 is 2.30 bits per heavy atom. The van der Waals surface area contributed by atoms with Gasteiger partial charge in [0.15, 0.2) is 0 Å². The lowest BCUT2D eigenvalue weighted by Crippen LogP contribution is -2.00. The lowest BCUT2D eigenvalue weighted by Gasteiger charge is -2.08. The van der Waals surface area contributed by atoms with Crippen LogP contribution in [0.4, 0.5) is 5.69 Å². The van der Waals surface area contributed by atoms with Crippen LogP contribution in [-0.4, -0.2) is 12.9 Å². The highest BCUT2D eigenvalue weighted by molar-refractivity contribution is 7.98. The van der Waals surface area contributed by atoms with E-state index >= 15 is 0 Å². The number of nitrogens with one attached hydrogen (secondary N) is 1. The molecule has 0 bridgehead atoms. The molecule has 2 nitrogen and oxygen atoms in total. The Hall–Kier alpha value is -1.61. The second-order valence-corrected chi connectivity index (χ2v) is 5.45. The van der Waals surface area contributed by atoms with E-state index in [-0.39, 0.29) is 0 Å². The second kappa shape index (κ2) is 7.85. The van der Waals surface area contributed by atoms with E-state index in [4.69, 9.17) is 4.74 Å². The van der Waals surface area contributed by atoms with Crippen molar-refractivity contribution < 1.29 is 4.74 Å². The molecule has 0 aliphatic rings. The van der Waals surface area contributed by atoms with E-state index in [1.807, 2.05) is 12.1 Å². The molecule has 2 rings (SSSR count). The first-order chi connectivity index (χ1) is 9.81. The van der Waals surface area contributed by atoms with Crippen LogP contribution in [0.15, 0.2) is 53.4 Å². The lowest BCUT2D eigenvalue weighted by molar-refractivity contribution is 0.317. The van der Waals surface area contributed by atoms with Crippen LogP contribution in [-0.2, 0) is 6.54 Å². The van der Waals surface area contributed by atoms with E-state index in [2.05, 4.69) is 54.9 Å². The highest BCUT2D eigenvalue weighted by Crippen LogP contribution is 2.18. The van der Waals surface area contributed by atoms with Crippen LogP contribution < -0.4 is 10.1 Å². The molecule has 0 heterocycles. The molecule has 0 atom stereocenters. The number of hydrogen-bond donors (Lipinski definition) is 1. The van der Waals surface area contributed by atoms with Crippen molar-refractivity contribution in [3.63, 3.8) is 0 Å². The van der Waals surface area contributed by atoms with Crippen LogP contribution >= 0.6 is 11.8 Å². The molecule has 0 unspecified atom stereocenters. The Balaban J connectivity index is 1.86. The Kier molecular flexibility index (Phi) is 5.81. The lowest BCUT2D eigenvalue weighted by atomic mass is 10.2. The van der Waals surface area contributed by atoms with Gasteiger partial charge in [-0.2, -0.15) is 0 Å². The van der Waals surface area contributed by atoms with Gasteiger partial charge >= 0.3 is 0 Å². The van der Waals surface area contributed by atoms with E-state index in [1.165, 1.54) is 10.5 Å². The summed E-state index contributed by atoms with van der Waals surface area (Å²) in [5.74, 6) is 0.944. The van der Waals surface area contributed by atoms with Crippen molar-refractivity contribution >= 4 is 17.4 Å². The number of thioether (sulfide) groups is 1. The maximum absolute atomic E-state index is 5.58. The maximum atomic E-state index is 5.58. The Labute approximate surface area is 125 Å². The van der Waals surface area contributed by atoms with E-state index in [1.54, 1.807) is 11.8 Å². The molecule has 0 spiro atoms. The minimum Gasteiger partial charge on any atom is -0.494 e. The molecular formula is C17H21NOS. The van der Waals surface area contributed by atoms with Gasteiger partial charge in [0, 0.05) is 17.1 Å². The van der Waals surface area contributed by atoms with Gasteiger partial charge in [-0.3, -0.25) is 0 Å². The minimum absolute atomic E-state index is 0.777. The molecule has 3 heteroatoms. The Morgan fingerprint density at radius 2 is 1.70 bits per heavy atom. The third-order valence-electron chi connectivity index (χ3n) is 2.98. The first-order valence-corrected chi connectivity index (χ1v) is 8.14. The fourth-order valence-electron chi connectivity index (χ4n) is 1.84. The predicted octanol–water partition coefficient (Wildman–Crippen LogP) is 4.81. The van der Waals surface area contributed by atoms with Gasteiger partial charge in [-0.05, 0) is 54.6 Å². The first-order valence-electron chi connectivity index (χ1n) is 6.91. The van der Waals surface area contributed by atoms with Gasteiger partial charge in [-0.1, -0.05) is 19.1 Å². The average Bonchev–Trinajstić information content (AvgIpc) is 2.52. The monoisotopic (exact) mass is 287 g/mol. The zero-order valence-corrected chi connectivity index (χ0v) is 12.9. The van der Waals surface area contributed by atoms with E-state index < -0.39 is 0 Å². The van der Waals surface area contributed by atoms with E-state index in [9.17, 15) is 0 Å². The average molecular weight is 287 g/mol. The molecular weight excluding hydrogens is 266 g/mol. The zero-order valence-electron chi connectivity index (χ0n) is 12.1. The van der Waals surface area contributed by atoms with Crippen molar-refractivity contribution in [2.75, 3.05) is 18.2 Å². The van der Waals surface area contributed by atoms with Crippen LogP contribution in [0.5, 0.6) is 5.75 Å². The predicted molar refractivity (Wildman–Crippen MR) is 87.8 cm³/mol. The quantitative estimate of drug-likeness (QED) is 0.738. The maximum Gasteiger partial charge on any atom is 0.119 e. The molecule has 0 saturated heterocycles. The number of anilines is 1. The molecule has 0 saturated carbocycles. The van der Waals surface area contributed by atoms with Gasteiger partial charge in [-0.25, -0.2) is 0 Å². The summed E-state index contributed by atoms with van der Waals surface area (Å²) < 4.78 is 5.58. The van der Waals surface area contributed by atoms with Gasteiger partial charge in [0.05, 0.1) is 6.61 Å². The highest BCUT2D eigenvalue weighted by atomic mass is 32.2. The highest BCUT2D eigenvalue weighted by Gasteiger charge is 1.97. The molecule has 0 amide bonds. The van der Waals surface area contributed by atoms with Crippen LogP contribution in [0.25, 0.3) is 0 Å². The molecule has 0 fully saturated rings. The molecule has 20 heavy (non-hydrogen) atoms. The van der Waals surface area contributed by atoms with Gasteiger partial charge in [0.25, 0.3) is 0 Å². The molecule has 1 N–H and O–H groups in total. The van der Waals surface area contributed by atoms with E-state index in [0.717, 1.165) is 31.0 Å². The topological polar surface area (TPSA) is 21.3 Å². The normalized spacial score (nSPS) is 10.3. The Morgan fingerprint density at radius 1 is 1.00 bits per heavy atom. The molecule has 0 aliphatic carbocycles. The van der Waals surface area contributed by atoms with Gasteiger partial charge in [0.1, 0.15) is 5.75 Å². The Bertz CT molecular complexity index is 508. The van der Waals surface area contributed by atoms with Crippen molar-refractivity contribution in [1.82, 2.24) is 0 Å². The SMILES string of the molecule is CCCOc1ccc(CNc2ccc(SC)cc2)cc1. The first kappa shape index (κ1) is 14.8. The van der Waals surface area contributed by atoms with Crippen molar-refractivity contribution in [3.8, 4) is 5.75 Å². The third-order valence-corrected chi connectivity index (χ3v) is 3.73. The molecule has 0 aromatic heterocycles. The van der Waals surface area contributed by atoms with Crippen molar-refractivity contribution in [2.45, 2.75) is 24.8 Å². The summed E-state index contributed by atoms with van der Waals surface area (Å²) in [7, 11) is 0. The molecule has 0 radical (unpaired) electrons. The summed E-state index contributed by atoms with van der Waals surface area (Å²) in [6.07, 6.45) is 3.12. The van der Waals surface area contributed by atoms with Crippen molar-refractivity contribution in [1.29, 1.82) is 0 Å². The number of benzene rings is 2. The minimum atomic E-state index is 0.777. The third kappa shape index (κ3) is 4.49. The summed E-state index contributed by atoms with van der Waals surface area (Å²) in [5.41, 5.74) is 2.40. The zero-order chi connectivity index (χ0) is 14.2. The molecule has 0 aliphatic heterocycles. The van der Waals surface area contributed by atoms with Crippen LogP contribution in [0, 0.1) is 0 Å². The van der Waals surface area contributed by atoms with Gasteiger partial charge in [-0.15, -0.1) is 11.8 Å². The molecule has 106 valence electrons. The molecule has 2 aromatic carbocycles. The number of hydrogen-bond acceptors (Lipinski definition) is 3. The smallest absolute Gasteiger partial charge is 0.119 e. The summed E-state index contributed by atoms with van der Waals surface area (Å²) >= 11 is 1.76. The largest absolute Gasteiger partial charge is 0.494 e. The fourth-order valence-corrected chi connectivity index (χ4v) is 2.24. The standard InChI is InChI=1S/C17H21NOS/c1-3-12-19-16-8-4-14(5-9-16)13-18-15-6-10-17(20-2)11-7-15/h4-11,18H,3,12-13H2,1-2H3. The van der Waals surface area contributed by atoms with E-state index in [0.29, 0.717) is 0 Å². The second-order valence-electron chi connectivity index (χ2n) is 4.57. The van der Waals surface area contributed by atoms with Crippen LogP contribution in [0.1, 0.15) is 18.9 Å². The van der Waals surface area contributed by atoms with Crippen LogP contribution in [0.2, 0.25) is 0 Å².